The minimum Gasteiger partial charge on any atom is -0.309 e. The minimum atomic E-state index is -4.65. The van der Waals surface area contributed by atoms with E-state index in [9.17, 15) is 26.2 Å². The van der Waals surface area contributed by atoms with Crippen molar-refractivity contribution in [2.75, 3.05) is 17.9 Å². The quantitative estimate of drug-likeness (QED) is 0.525. The molecular formula is C18H21F3NO5PS. The SMILES string of the molecule is CCOP(=O)(Cc1ccc(NS(=O)(=O)c2cccc(C(F)(F)F)c2)cc1)OCC. The van der Waals surface area contributed by atoms with Gasteiger partial charge in [-0.15, -0.1) is 0 Å². The number of hydrogen-bond acceptors (Lipinski definition) is 5. The Morgan fingerprint density at radius 2 is 1.59 bits per heavy atom. The van der Waals surface area contributed by atoms with E-state index in [-0.39, 0.29) is 25.1 Å². The maximum atomic E-state index is 12.8. The van der Waals surface area contributed by atoms with Crippen LogP contribution in [0, 0.1) is 0 Å². The third-order valence-electron chi connectivity index (χ3n) is 3.71. The average molecular weight is 451 g/mol. The summed E-state index contributed by atoms with van der Waals surface area (Å²) in [7, 11) is -7.53. The Balaban J connectivity index is 2.18. The summed E-state index contributed by atoms with van der Waals surface area (Å²) < 4.78 is 88.4. The standard InChI is InChI=1S/C18H21F3NO5PS/c1-3-26-28(23,27-4-2)13-14-8-10-16(11-9-14)22-29(24,25)17-7-5-6-15(12-17)18(19,20)21/h5-12,22H,3-4,13H2,1-2H3. The number of anilines is 1. The highest BCUT2D eigenvalue weighted by Crippen LogP contribution is 2.51. The van der Waals surface area contributed by atoms with Crippen LogP contribution in [0.3, 0.4) is 0 Å². The fourth-order valence-corrected chi connectivity index (χ4v) is 5.28. The van der Waals surface area contributed by atoms with Gasteiger partial charge in [0.2, 0.25) is 0 Å². The van der Waals surface area contributed by atoms with Crippen LogP contribution < -0.4 is 4.72 Å². The van der Waals surface area contributed by atoms with Crippen LogP contribution in [0.1, 0.15) is 25.0 Å². The van der Waals surface area contributed by atoms with Gasteiger partial charge in [0.15, 0.2) is 0 Å². The summed E-state index contributed by atoms with van der Waals surface area (Å²) in [5.41, 5.74) is -0.315. The summed E-state index contributed by atoms with van der Waals surface area (Å²) >= 11 is 0. The Kier molecular flexibility index (Phi) is 7.50. The van der Waals surface area contributed by atoms with Crippen LogP contribution in [-0.2, 0) is 36.0 Å². The lowest BCUT2D eigenvalue weighted by atomic mass is 10.2. The zero-order chi connectivity index (χ0) is 21.7. The summed E-state index contributed by atoms with van der Waals surface area (Å²) in [5.74, 6) is 0. The molecule has 0 aliphatic carbocycles. The van der Waals surface area contributed by atoms with E-state index in [2.05, 4.69) is 4.72 Å². The first-order chi connectivity index (χ1) is 13.5. The normalized spacial score (nSPS) is 12.7. The van der Waals surface area contributed by atoms with Gasteiger partial charge in [-0.3, -0.25) is 9.29 Å². The van der Waals surface area contributed by atoms with Crippen LogP contribution in [-0.4, -0.2) is 21.6 Å². The zero-order valence-corrected chi connectivity index (χ0v) is 17.5. The van der Waals surface area contributed by atoms with Gasteiger partial charge in [-0.25, -0.2) is 8.42 Å². The predicted octanol–water partition coefficient (Wildman–Crippen LogP) is 5.27. The zero-order valence-electron chi connectivity index (χ0n) is 15.8. The van der Waals surface area contributed by atoms with E-state index in [1.165, 1.54) is 24.3 Å². The molecule has 0 aromatic heterocycles. The molecule has 0 saturated carbocycles. The van der Waals surface area contributed by atoms with Crippen molar-refractivity contribution in [3.63, 3.8) is 0 Å². The molecule has 0 amide bonds. The third-order valence-corrected chi connectivity index (χ3v) is 7.14. The van der Waals surface area contributed by atoms with Crippen LogP contribution in [0.2, 0.25) is 0 Å². The largest absolute Gasteiger partial charge is 0.416 e. The first-order valence-corrected chi connectivity index (χ1v) is 11.9. The molecule has 11 heteroatoms. The van der Waals surface area contributed by atoms with Gasteiger partial charge in [0, 0.05) is 5.69 Å². The van der Waals surface area contributed by atoms with E-state index in [0.29, 0.717) is 11.6 Å². The molecule has 29 heavy (non-hydrogen) atoms. The smallest absolute Gasteiger partial charge is 0.309 e. The minimum absolute atomic E-state index is 0.00926. The van der Waals surface area contributed by atoms with Crippen molar-refractivity contribution >= 4 is 23.3 Å². The van der Waals surface area contributed by atoms with Crippen molar-refractivity contribution in [2.45, 2.75) is 31.1 Å². The van der Waals surface area contributed by atoms with Gasteiger partial charge >= 0.3 is 13.8 Å². The third kappa shape index (κ3) is 6.57. The Morgan fingerprint density at radius 1 is 1.00 bits per heavy atom. The topological polar surface area (TPSA) is 81.7 Å². The summed E-state index contributed by atoms with van der Waals surface area (Å²) in [6.45, 7) is 3.81. The average Bonchev–Trinajstić information content (AvgIpc) is 2.63. The fourth-order valence-electron chi connectivity index (χ4n) is 2.48. The second-order valence-electron chi connectivity index (χ2n) is 5.93. The van der Waals surface area contributed by atoms with Crippen molar-refractivity contribution in [2.24, 2.45) is 0 Å². The van der Waals surface area contributed by atoms with Gasteiger partial charge in [0.05, 0.1) is 29.8 Å². The lowest BCUT2D eigenvalue weighted by Gasteiger charge is -2.17. The van der Waals surface area contributed by atoms with Crippen LogP contribution in [0.4, 0.5) is 18.9 Å². The highest BCUT2D eigenvalue weighted by atomic mass is 32.2. The molecule has 0 unspecified atom stereocenters. The molecule has 0 saturated heterocycles. The van der Waals surface area contributed by atoms with Gasteiger partial charge < -0.3 is 9.05 Å². The maximum absolute atomic E-state index is 12.8. The molecule has 0 aliphatic heterocycles. The Bertz CT molecular complexity index is 968. The monoisotopic (exact) mass is 451 g/mol. The molecule has 2 aromatic rings. The van der Waals surface area contributed by atoms with Crippen molar-refractivity contribution in [1.82, 2.24) is 0 Å². The molecule has 2 rings (SSSR count). The van der Waals surface area contributed by atoms with E-state index >= 15 is 0 Å². The second-order valence-corrected chi connectivity index (χ2v) is 9.67. The molecule has 0 aliphatic rings. The fraction of sp³-hybridized carbons (Fsp3) is 0.333. The molecule has 6 nitrogen and oxygen atoms in total. The van der Waals surface area contributed by atoms with E-state index in [0.717, 1.165) is 18.2 Å². The van der Waals surface area contributed by atoms with Gasteiger partial charge in [-0.1, -0.05) is 18.2 Å². The van der Waals surface area contributed by atoms with E-state index in [4.69, 9.17) is 9.05 Å². The van der Waals surface area contributed by atoms with E-state index in [1.54, 1.807) is 13.8 Å². The number of alkyl halides is 3. The molecule has 2 aromatic carbocycles. The maximum Gasteiger partial charge on any atom is 0.416 e. The van der Waals surface area contributed by atoms with Gasteiger partial charge in [-0.05, 0) is 49.7 Å². The molecule has 0 fully saturated rings. The second kappa shape index (κ2) is 9.30. The molecule has 0 bridgehead atoms. The summed E-state index contributed by atoms with van der Waals surface area (Å²) in [6.07, 6.45) is -4.64. The first kappa shape index (κ1) is 23.4. The molecule has 0 atom stereocenters. The molecule has 0 spiro atoms. The predicted molar refractivity (Wildman–Crippen MR) is 103 cm³/mol. The number of benzene rings is 2. The first-order valence-electron chi connectivity index (χ1n) is 8.66. The van der Waals surface area contributed by atoms with Crippen LogP contribution in [0.15, 0.2) is 53.4 Å². The summed E-state index contributed by atoms with van der Waals surface area (Å²) in [6, 6.07) is 9.38. The molecule has 1 N–H and O–H groups in total. The number of nitrogens with one attached hydrogen (secondary N) is 1. The number of halogens is 3. The molecular weight excluding hydrogens is 430 g/mol. The van der Waals surface area contributed by atoms with Crippen molar-refractivity contribution < 1.29 is 35.2 Å². The summed E-state index contributed by atoms with van der Waals surface area (Å²) in [4.78, 5) is -0.506. The molecule has 160 valence electrons. The van der Waals surface area contributed by atoms with E-state index in [1.807, 2.05) is 0 Å². The number of hydrogen-bond donors (Lipinski definition) is 1. The van der Waals surface area contributed by atoms with Gasteiger partial charge in [0.25, 0.3) is 10.0 Å². The van der Waals surface area contributed by atoms with Crippen LogP contribution in [0.25, 0.3) is 0 Å². The Hall–Kier alpha value is -1.87. The van der Waals surface area contributed by atoms with Crippen molar-refractivity contribution in [3.05, 3.63) is 59.7 Å². The number of rotatable bonds is 9. The number of sulfonamides is 1. The molecule has 0 heterocycles. The summed E-state index contributed by atoms with van der Waals surface area (Å²) in [5, 5.41) is 0. The lowest BCUT2D eigenvalue weighted by Crippen LogP contribution is -2.14. The highest BCUT2D eigenvalue weighted by molar-refractivity contribution is 7.92. The Labute approximate surface area is 167 Å². The van der Waals surface area contributed by atoms with Crippen LogP contribution in [0.5, 0.6) is 0 Å². The Morgan fingerprint density at radius 3 is 2.10 bits per heavy atom. The molecule has 0 radical (unpaired) electrons. The van der Waals surface area contributed by atoms with Gasteiger partial charge in [-0.2, -0.15) is 13.2 Å². The lowest BCUT2D eigenvalue weighted by molar-refractivity contribution is -0.137. The van der Waals surface area contributed by atoms with E-state index < -0.39 is 34.3 Å². The van der Waals surface area contributed by atoms with Crippen molar-refractivity contribution in [1.29, 1.82) is 0 Å². The highest BCUT2D eigenvalue weighted by Gasteiger charge is 2.31. The van der Waals surface area contributed by atoms with Gasteiger partial charge in [0.1, 0.15) is 0 Å². The van der Waals surface area contributed by atoms with Crippen molar-refractivity contribution in [3.8, 4) is 0 Å². The van der Waals surface area contributed by atoms with Crippen LogP contribution >= 0.6 is 7.60 Å².